The standard InChI is InChI=1S/C19H25NO/c1-2-3-4-5-14-21-19-12-10-18(11-13-19)17-8-6-16(15-20)7-9-17/h3-4,6-9,18-19H,2,5,10-14H2,1H3/b4-3+. The molecule has 0 spiro atoms. The Balaban J connectivity index is 1.72. The maximum Gasteiger partial charge on any atom is 0.0991 e. The number of hydrogen-bond donors (Lipinski definition) is 0. The highest BCUT2D eigenvalue weighted by atomic mass is 16.5. The molecule has 1 fully saturated rings. The Morgan fingerprint density at radius 2 is 1.86 bits per heavy atom. The lowest BCUT2D eigenvalue weighted by Crippen LogP contribution is -2.21. The van der Waals surface area contributed by atoms with Crippen molar-refractivity contribution in [1.29, 1.82) is 5.26 Å². The molecule has 0 saturated heterocycles. The highest BCUT2D eigenvalue weighted by Crippen LogP contribution is 2.34. The largest absolute Gasteiger partial charge is 0.378 e. The number of nitriles is 1. The summed E-state index contributed by atoms with van der Waals surface area (Å²) < 4.78 is 5.96. The molecule has 0 heterocycles. The molecule has 1 aliphatic carbocycles. The van der Waals surface area contributed by atoms with Crippen LogP contribution in [0.15, 0.2) is 36.4 Å². The lowest BCUT2D eigenvalue weighted by atomic mass is 9.82. The van der Waals surface area contributed by atoms with Gasteiger partial charge in [-0.05, 0) is 62.1 Å². The van der Waals surface area contributed by atoms with Crippen molar-refractivity contribution in [3.63, 3.8) is 0 Å². The van der Waals surface area contributed by atoms with Crippen LogP contribution in [0.1, 0.15) is 62.5 Å². The lowest BCUT2D eigenvalue weighted by Gasteiger charge is -2.28. The molecule has 0 bridgehead atoms. The molecule has 1 aliphatic rings. The summed E-state index contributed by atoms with van der Waals surface area (Å²) >= 11 is 0. The zero-order chi connectivity index (χ0) is 14.9. The van der Waals surface area contributed by atoms with Crippen molar-refractivity contribution in [2.75, 3.05) is 6.61 Å². The average Bonchev–Trinajstić information content (AvgIpc) is 2.55. The molecule has 112 valence electrons. The molecule has 2 heteroatoms. The van der Waals surface area contributed by atoms with Crippen LogP contribution in [0.2, 0.25) is 0 Å². The number of rotatable bonds is 6. The smallest absolute Gasteiger partial charge is 0.0991 e. The topological polar surface area (TPSA) is 33.0 Å². The molecule has 0 unspecified atom stereocenters. The van der Waals surface area contributed by atoms with E-state index in [0.29, 0.717) is 12.0 Å². The summed E-state index contributed by atoms with van der Waals surface area (Å²) in [5.41, 5.74) is 2.12. The Kier molecular flexibility index (Phi) is 6.50. The van der Waals surface area contributed by atoms with E-state index in [-0.39, 0.29) is 0 Å². The first-order valence-electron chi connectivity index (χ1n) is 8.10. The Hall–Kier alpha value is -1.59. The number of nitrogens with zero attached hydrogens (tertiary/aromatic N) is 1. The fourth-order valence-electron chi connectivity index (χ4n) is 2.98. The third kappa shape index (κ3) is 5.02. The van der Waals surface area contributed by atoms with Gasteiger partial charge in [-0.25, -0.2) is 0 Å². The number of allylic oxidation sites excluding steroid dienone is 1. The third-order valence-corrected chi connectivity index (χ3v) is 4.23. The van der Waals surface area contributed by atoms with Crippen LogP contribution >= 0.6 is 0 Å². The third-order valence-electron chi connectivity index (χ3n) is 4.23. The number of hydrogen-bond acceptors (Lipinski definition) is 2. The summed E-state index contributed by atoms with van der Waals surface area (Å²) in [6.07, 6.45) is 11.7. The Morgan fingerprint density at radius 3 is 2.48 bits per heavy atom. The zero-order valence-electron chi connectivity index (χ0n) is 12.9. The molecule has 2 rings (SSSR count). The van der Waals surface area contributed by atoms with Gasteiger partial charge in [-0.1, -0.05) is 31.2 Å². The first kappa shape index (κ1) is 15.8. The summed E-state index contributed by atoms with van der Waals surface area (Å²) in [7, 11) is 0. The Labute approximate surface area is 128 Å². The predicted molar refractivity (Wildman–Crippen MR) is 86.2 cm³/mol. The van der Waals surface area contributed by atoms with Crippen LogP contribution in [0.25, 0.3) is 0 Å². The van der Waals surface area contributed by atoms with Gasteiger partial charge < -0.3 is 4.74 Å². The van der Waals surface area contributed by atoms with Crippen LogP contribution < -0.4 is 0 Å². The van der Waals surface area contributed by atoms with E-state index >= 15 is 0 Å². The van der Waals surface area contributed by atoms with Crippen molar-refractivity contribution in [1.82, 2.24) is 0 Å². The van der Waals surface area contributed by atoms with E-state index in [0.717, 1.165) is 37.9 Å². The second-order valence-electron chi connectivity index (χ2n) is 5.75. The second kappa shape index (κ2) is 8.64. The van der Waals surface area contributed by atoms with Crippen LogP contribution in [-0.2, 0) is 4.74 Å². The van der Waals surface area contributed by atoms with E-state index in [1.807, 2.05) is 12.1 Å². The molecule has 0 N–H and O–H groups in total. The molecule has 21 heavy (non-hydrogen) atoms. The maximum absolute atomic E-state index is 8.84. The van der Waals surface area contributed by atoms with Gasteiger partial charge in [-0.3, -0.25) is 0 Å². The normalized spacial score (nSPS) is 22.3. The zero-order valence-corrected chi connectivity index (χ0v) is 12.9. The molecule has 0 radical (unpaired) electrons. The van der Waals surface area contributed by atoms with Gasteiger partial charge in [0, 0.05) is 0 Å². The monoisotopic (exact) mass is 283 g/mol. The summed E-state index contributed by atoms with van der Waals surface area (Å²) in [5, 5.41) is 8.84. The average molecular weight is 283 g/mol. The van der Waals surface area contributed by atoms with E-state index in [2.05, 4.69) is 37.3 Å². The van der Waals surface area contributed by atoms with Crippen molar-refractivity contribution in [3.05, 3.63) is 47.5 Å². The predicted octanol–water partition coefficient (Wildman–Crippen LogP) is 4.96. The lowest BCUT2D eigenvalue weighted by molar-refractivity contribution is 0.0274. The van der Waals surface area contributed by atoms with Crippen molar-refractivity contribution in [2.24, 2.45) is 0 Å². The first-order chi connectivity index (χ1) is 10.3. The van der Waals surface area contributed by atoms with Gasteiger partial charge in [-0.15, -0.1) is 0 Å². The molecule has 1 aromatic rings. The van der Waals surface area contributed by atoms with Crippen LogP contribution in [0.3, 0.4) is 0 Å². The van der Waals surface area contributed by atoms with E-state index in [4.69, 9.17) is 10.00 Å². The van der Waals surface area contributed by atoms with Crippen LogP contribution in [0.4, 0.5) is 0 Å². The van der Waals surface area contributed by atoms with Gasteiger partial charge in [-0.2, -0.15) is 5.26 Å². The van der Waals surface area contributed by atoms with Crippen LogP contribution in [-0.4, -0.2) is 12.7 Å². The van der Waals surface area contributed by atoms with Gasteiger partial charge in [0.1, 0.15) is 0 Å². The van der Waals surface area contributed by atoms with Crippen molar-refractivity contribution in [2.45, 2.75) is 57.5 Å². The molecule has 2 nitrogen and oxygen atoms in total. The van der Waals surface area contributed by atoms with Crippen LogP contribution in [0, 0.1) is 11.3 Å². The molecular formula is C19H25NO. The summed E-state index contributed by atoms with van der Waals surface area (Å²) in [5.74, 6) is 0.637. The molecule has 1 saturated carbocycles. The summed E-state index contributed by atoms with van der Waals surface area (Å²) in [4.78, 5) is 0. The number of benzene rings is 1. The van der Waals surface area contributed by atoms with E-state index in [9.17, 15) is 0 Å². The van der Waals surface area contributed by atoms with Gasteiger partial charge in [0.25, 0.3) is 0 Å². The SMILES string of the molecule is CC/C=C/CCOC1CCC(c2ccc(C#N)cc2)CC1. The van der Waals surface area contributed by atoms with Gasteiger partial charge in [0.05, 0.1) is 24.3 Å². The Morgan fingerprint density at radius 1 is 1.14 bits per heavy atom. The van der Waals surface area contributed by atoms with Crippen molar-refractivity contribution < 1.29 is 4.74 Å². The quantitative estimate of drug-likeness (QED) is 0.546. The minimum Gasteiger partial charge on any atom is -0.378 e. The highest BCUT2D eigenvalue weighted by Gasteiger charge is 2.22. The van der Waals surface area contributed by atoms with Crippen LogP contribution in [0.5, 0.6) is 0 Å². The van der Waals surface area contributed by atoms with Gasteiger partial charge in [0.15, 0.2) is 0 Å². The van der Waals surface area contributed by atoms with Gasteiger partial charge in [0.2, 0.25) is 0 Å². The minimum absolute atomic E-state index is 0.439. The summed E-state index contributed by atoms with van der Waals surface area (Å²) in [6, 6.07) is 10.3. The van der Waals surface area contributed by atoms with Crippen molar-refractivity contribution in [3.8, 4) is 6.07 Å². The van der Waals surface area contributed by atoms with E-state index in [1.54, 1.807) is 0 Å². The minimum atomic E-state index is 0.439. The second-order valence-corrected chi connectivity index (χ2v) is 5.75. The maximum atomic E-state index is 8.84. The molecule has 1 aromatic carbocycles. The molecular weight excluding hydrogens is 258 g/mol. The van der Waals surface area contributed by atoms with E-state index in [1.165, 1.54) is 18.4 Å². The fourth-order valence-corrected chi connectivity index (χ4v) is 2.98. The Bertz CT molecular complexity index is 475. The summed E-state index contributed by atoms with van der Waals surface area (Å²) in [6.45, 7) is 3.00. The van der Waals surface area contributed by atoms with Gasteiger partial charge >= 0.3 is 0 Å². The fraction of sp³-hybridized carbons (Fsp3) is 0.526. The molecule has 0 aliphatic heterocycles. The molecule has 0 amide bonds. The van der Waals surface area contributed by atoms with E-state index < -0.39 is 0 Å². The highest BCUT2D eigenvalue weighted by molar-refractivity contribution is 5.33. The van der Waals surface area contributed by atoms with Crippen molar-refractivity contribution >= 4 is 0 Å². The molecule has 0 aromatic heterocycles. The first-order valence-corrected chi connectivity index (χ1v) is 8.10. The number of ether oxygens (including phenoxy) is 1. The molecule has 0 atom stereocenters.